The van der Waals surface area contributed by atoms with E-state index in [0.29, 0.717) is 29.1 Å². The number of anilines is 1. The third-order valence-corrected chi connectivity index (χ3v) is 6.17. The Morgan fingerprint density at radius 1 is 1.06 bits per heavy atom. The maximum absolute atomic E-state index is 13.6. The Labute approximate surface area is 188 Å². The van der Waals surface area contributed by atoms with Crippen LogP contribution in [0.4, 0.5) is 5.69 Å². The van der Waals surface area contributed by atoms with E-state index < -0.39 is 5.92 Å². The Hall–Kier alpha value is -3.54. The second kappa shape index (κ2) is 8.91. The van der Waals surface area contributed by atoms with Gasteiger partial charge in [-0.15, -0.1) is 0 Å². The van der Waals surface area contributed by atoms with E-state index >= 15 is 0 Å². The summed E-state index contributed by atoms with van der Waals surface area (Å²) in [7, 11) is 3.18. The van der Waals surface area contributed by atoms with E-state index in [4.69, 9.17) is 9.47 Å². The van der Waals surface area contributed by atoms with Gasteiger partial charge >= 0.3 is 0 Å². The summed E-state index contributed by atoms with van der Waals surface area (Å²) in [6.45, 7) is 3.84. The van der Waals surface area contributed by atoms with Crippen LogP contribution in [0.5, 0.6) is 11.5 Å². The van der Waals surface area contributed by atoms with Crippen molar-refractivity contribution >= 4 is 17.4 Å². The highest BCUT2D eigenvalue weighted by Gasteiger charge is 2.39. The molecule has 0 bridgehead atoms. The summed E-state index contributed by atoms with van der Waals surface area (Å²) in [6.07, 6.45) is 2.05. The number of carbonyl (C=O) groups excluding carboxylic acids is 2. The quantitative estimate of drug-likeness (QED) is 0.721. The minimum Gasteiger partial charge on any atom is -0.497 e. The molecule has 6 nitrogen and oxygen atoms in total. The summed E-state index contributed by atoms with van der Waals surface area (Å²) in [5, 5.41) is 6.40. The molecular weight excluding hydrogens is 404 g/mol. The number of ether oxygens (including phenoxy) is 2. The van der Waals surface area contributed by atoms with Crippen LogP contribution in [-0.2, 0) is 9.59 Å². The van der Waals surface area contributed by atoms with Gasteiger partial charge < -0.3 is 20.1 Å². The minimum absolute atomic E-state index is 0.0651. The molecule has 4 rings (SSSR count). The van der Waals surface area contributed by atoms with Crippen LogP contribution in [0.3, 0.4) is 0 Å². The SMILES string of the molecule is COc1ccc(C2C(C(=O)Nc3ccccc3C)=C(C)NC3=C2C(=O)CCC3)c(OC)c1. The molecule has 1 heterocycles. The largest absolute Gasteiger partial charge is 0.497 e. The summed E-state index contributed by atoms with van der Waals surface area (Å²) in [5.41, 5.74) is 5.29. The number of amides is 1. The van der Waals surface area contributed by atoms with Crippen molar-refractivity contribution in [1.29, 1.82) is 0 Å². The highest BCUT2D eigenvalue weighted by Crippen LogP contribution is 2.46. The van der Waals surface area contributed by atoms with E-state index in [1.807, 2.05) is 50.2 Å². The van der Waals surface area contributed by atoms with Gasteiger partial charge in [0.15, 0.2) is 5.78 Å². The summed E-state index contributed by atoms with van der Waals surface area (Å²) in [4.78, 5) is 26.7. The van der Waals surface area contributed by atoms with Gasteiger partial charge in [-0.2, -0.15) is 0 Å². The molecule has 0 aromatic heterocycles. The van der Waals surface area contributed by atoms with Gasteiger partial charge in [0.1, 0.15) is 11.5 Å². The fraction of sp³-hybridized carbons (Fsp3) is 0.308. The second-order valence-electron chi connectivity index (χ2n) is 8.14. The van der Waals surface area contributed by atoms with Crippen molar-refractivity contribution in [2.75, 3.05) is 19.5 Å². The van der Waals surface area contributed by atoms with Crippen molar-refractivity contribution < 1.29 is 19.1 Å². The van der Waals surface area contributed by atoms with Crippen LogP contribution >= 0.6 is 0 Å². The molecule has 0 radical (unpaired) electrons. The maximum Gasteiger partial charge on any atom is 0.254 e. The van der Waals surface area contributed by atoms with Gasteiger partial charge in [-0.3, -0.25) is 9.59 Å². The summed E-state index contributed by atoms with van der Waals surface area (Å²) in [6, 6.07) is 13.1. The molecule has 2 aromatic carbocycles. The van der Waals surface area contributed by atoms with Crippen LogP contribution in [-0.4, -0.2) is 25.9 Å². The molecule has 1 unspecified atom stereocenters. The van der Waals surface area contributed by atoms with E-state index in [9.17, 15) is 9.59 Å². The Kier molecular flexibility index (Phi) is 6.04. The van der Waals surface area contributed by atoms with Crippen molar-refractivity contribution in [3.05, 3.63) is 76.1 Å². The summed E-state index contributed by atoms with van der Waals surface area (Å²) < 4.78 is 11.0. The molecule has 1 aliphatic heterocycles. The lowest BCUT2D eigenvalue weighted by Crippen LogP contribution is -2.35. The van der Waals surface area contributed by atoms with Crippen molar-refractivity contribution in [1.82, 2.24) is 5.32 Å². The molecule has 32 heavy (non-hydrogen) atoms. The number of hydrogen-bond donors (Lipinski definition) is 2. The number of hydrogen-bond acceptors (Lipinski definition) is 5. The van der Waals surface area contributed by atoms with Gasteiger partial charge in [0.2, 0.25) is 0 Å². The molecule has 1 aliphatic carbocycles. The van der Waals surface area contributed by atoms with Crippen LogP contribution in [0.1, 0.15) is 43.2 Å². The molecule has 0 fully saturated rings. The van der Waals surface area contributed by atoms with Crippen LogP contribution < -0.4 is 20.1 Å². The molecule has 2 aromatic rings. The maximum atomic E-state index is 13.6. The van der Waals surface area contributed by atoms with Gasteiger partial charge in [0.25, 0.3) is 5.91 Å². The van der Waals surface area contributed by atoms with E-state index in [0.717, 1.165) is 41.1 Å². The summed E-state index contributed by atoms with van der Waals surface area (Å²) >= 11 is 0. The Morgan fingerprint density at radius 2 is 1.84 bits per heavy atom. The molecule has 6 heteroatoms. The monoisotopic (exact) mass is 432 g/mol. The fourth-order valence-corrected chi connectivity index (χ4v) is 4.56. The van der Waals surface area contributed by atoms with E-state index in [2.05, 4.69) is 10.6 Å². The zero-order valence-electron chi connectivity index (χ0n) is 18.9. The average Bonchev–Trinajstić information content (AvgIpc) is 2.79. The Balaban J connectivity index is 1.85. The first-order valence-electron chi connectivity index (χ1n) is 10.8. The lowest BCUT2D eigenvalue weighted by molar-refractivity contribution is -0.116. The number of methoxy groups -OCH3 is 2. The highest BCUT2D eigenvalue weighted by molar-refractivity contribution is 6.10. The van der Waals surface area contributed by atoms with Crippen LogP contribution in [0.2, 0.25) is 0 Å². The Morgan fingerprint density at radius 3 is 2.56 bits per heavy atom. The van der Waals surface area contributed by atoms with Crippen molar-refractivity contribution in [3.8, 4) is 11.5 Å². The van der Waals surface area contributed by atoms with E-state index in [1.54, 1.807) is 20.3 Å². The molecule has 2 N–H and O–H groups in total. The second-order valence-corrected chi connectivity index (χ2v) is 8.14. The fourth-order valence-electron chi connectivity index (χ4n) is 4.56. The number of carbonyl (C=O) groups is 2. The molecule has 0 spiro atoms. The van der Waals surface area contributed by atoms with E-state index in [1.165, 1.54) is 0 Å². The van der Waals surface area contributed by atoms with Crippen LogP contribution in [0.15, 0.2) is 65.0 Å². The van der Waals surface area contributed by atoms with Gasteiger partial charge in [-0.1, -0.05) is 24.3 Å². The smallest absolute Gasteiger partial charge is 0.254 e. The molecule has 166 valence electrons. The van der Waals surface area contributed by atoms with Gasteiger partial charge in [0, 0.05) is 46.3 Å². The number of benzene rings is 2. The van der Waals surface area contributed by atoms with Gasteiger partial charge in [0.05, 0.1) is 20.1 Å². The van der Waals surface area contributed by atoms with Gasteiger partial charge in [-0.25, -0.2) is 0 Å². The molecule has 1 amide bonds. The number of ketones is 1. The number of allylic oxidation sites excluding steroid dienone is 3. The molecule has 1 atom stereocenters. The number of para-hydroxylation sites is 1. The van der Waals surface area contributed by atoms with Gasteiger partial charge in [-0.05, 0) is 44.4 Å². The van der Waals surface area contributed by atoms with Crippen molar-refractivity contribution in [3.63, 3.8) is 0 Å². The van der Waals surface area contributed by atoms with E-state index in [-0.39, 0.29) is 11.7 Å². The first-order chi connectivity index (χ1) is 15.4. The third-order valence-electron chi connectivity index (χ3n) is 6.17. The zero-order chi connectivity index (χ0) is 22.8. The summed E-state index contributed by atoms with van der Waals surface area (Å²) in [5.74, 6) is 0.530. The first kappa shape index (κ1) is 21.7. The highest BCUT2D eigenvalue weighted by atomic mass is 16.5. The third kappa shape index (κ3) is 3.88. The number of nitrogens with one attached hydrogen (secondary N) is 2. The van der Waals surface area contributed by atoms with Crippen LogP contribution in [0, 0.1) is 6.92 Å². The van der Waals surface area contributed by atoms with Crippen molar-refractivity contribution in [2.45, 2.75) is 39.0 Å². The predicted octanol–water partition coefficient (Wildman–Crippen LogP) is 4.62. The molecule has 2 aliphatic rings. The van der Waals surface area contributed by atoms with Crippen LogP contribution in [0.25, 0.3) is 0 Å². The molecule has 0 saturated heterocycles. The van der Waals surface area contributed by atoms with Crippen molar-refractivity contribution in [2.24, 2.45) is 0 Å². The first-order valence-corrected chi connectivity index (χ1v) is 10.8. The average molecular weight is 433 g/mol. The number of Topliss-reactive ketones (excluding diaryl/α,β-unsaturated/α-hetero) is 1. The lowest BCUT2D eigenvalue weighted by Gasteiger charge is -2.35. The predicted molar refractivity (Wildman–Crippen MR) is 124 cm³/mol. The minimum atomic E-state index is -0.524. The molecular formula is C26H28N2O4. The molecule has 0 saturated carbocycles. The topological polar surface area (TPSA) is 76.7 Å². The number of aryl methyl sites for hydroxylation is 1. The lowest BCUT2D eigenvalue weighted by atomic mass is 9.74. The zero-order valence-corrected chi connectivity index (χ0v) is 18.9. The number of rotatable bonds is 5. The Bertz CT molecular complexity index is 1150. The normalized spacial score (nSPS) is 18.1. The standard InChI is InChI=1S/C26H28N2O4/c1-15-8-5-6-9-19(15)28-26(30)23-16(2)27-20-10-7-11-21(29)25(20)24(23)18-13-12-17(31-3)14-22(18)32-4/h5-6,8-9,12-14,24,27H,7,10-11H2,1-4H3,(H,28,30). The number of dihydropyridines is 1.